The highest BCUT2D eigenvalue weighted by Crippen LogP contribution is 2.32. The molecule has 0 unspecified atom stereocenters. The molecule has 2 aliphatic heterocycles. The van der Waals surface area contributed by atoms with E-state index >= 15 is 0 Å². The lowest BCUT2D eigenvalue weighted by Gasteiger charge is -2.35. The Morgan fingerprint density at radius 3 is 2.29 bits per heavy atom. The molecule has 2 aliphatic rings. The van der Waals surface area contributed by atoms with Gasteiger partial charge < -0.3 is 14.2 Å². The highest BCUT2D eigenvalue weighted by molar-refractivity contribution is 7.89. The summed E-state index contributed by atoms with van der Waals surface area (Å²) in [6, 6.07) is 4.89. The van der Waals surface area contributed by atoms with Crippen molar-refractivity contribution in [1.82, 2.24) is 9.21 Å². The van der Waals surface area contributed by atoms with E-state index in [1.165, 1.54) is 0 Å². The van der Waals surface area contributed by atoms with Crippen molar-refractivity contribution < 1.29 is 22.6 Å². The molecule has 8 heteroatoms. The fourth-order valence-corrected chi connectivity index (χ4v) is 5.31. The maximum absolute atomic E-state index is 13.1. The minimum Gasteiger partial charge on any atom is -0.490 e. The molecule has 0 bridgehead atoms. The molecule has 28 heavy (non-hydrogen) atoms. The maximum Gasteiger partial charge on any atom is 0.243 e. The molecule has 0 aliphatic carbocycles. The lowest BCUT2D eigenvalue weighted by atomic mass is 9.97. The van der Waals surface area contributed by atoms with Gasteiger partial charge in [-0.25, -0.2) is 8.42 Å². The van der Waals surface area contributed by atoms with E-state index in [1.807, 2.05) is 13.8 Å². The summed E-state index contributed by atoms with van der Waals surface area (Å²) < 4.78 is 44.4. The van der Waals surface area contributed by atoms with Crippen LogP contribution in [0.4, 0.5) is 0 Å². The highest BCUT2D eigenvalue weighted by Gasteiger charge is 2.31. The lowest BCUT2D eigenvalue weighted by molar-refractivity contribution is 0.0269. The van der Waals surface area contributed by atoms with E-state index in [0.717, 1.165) is 45.7 Å². The molecule has 0 N–H and O–H groups in total. The summed E-state index contributed by atoms with van der Waals surface area (Å²) in [5.74, 6) is 1.60. The Morgan fingerprint density at radius 1 is 1.00 bits per heavy atom. The summed E-state index contributed by atoms with van der Waals surface area (Å²) in [7, 11) is -3.53. The number of morpholine rings is 1. The van der Waals surface area contributed by atoms with Crippen molar-refractivity contribution in [2.45, 2.75) is 31.6 Å². The van der Waals surface area contributed by atoms with E-state index in [1.54, 1.807) is 22.5 Å². The summed E-state index contributed by atoms with van der Waals surface area (Å²) in [4.78, 5) is 2.70. The molecule has 0 atom stereocenters. The molecule has 0 saturated carbocycles. The van der Waals surface area contributed by atoms with Crippen LogP contribution in [0, 0.1) is 5.92 Å². The van der Waals surface area contributed by atoms with Crippen LogP contribution in [0.1, 0.15) is 26.7 Å². The van der Waals surface area contributed by atoms with Crippen LogP contribution < -0.4 is 9.47 Å². The second-order valence-corrected chi connectivity index (χ2v) is 9.17. The molecular formula is C20H32N2O5S. The van der Waals surface area contributed by atoms with Gasteiger partial charge in [0.15, 0.2) is 11.5 Å². The van der Waals surface area contributed by atoms with Crippen LogP contribution in [0.3, 0.4) is 0 Å². The van der Waals surface area contributed by atoms with Crippen molar-refractivity contribution in [2.24, 2.45) is 5.92 Å². The van der Waals surface area contributed by atoms with E-state index in [4.69, 9.17) is 14.2 Å². The third-order valence-electron chi connectivity index (χ3n) is 5.35. The fraction of sp³-hybridized carbons (Fsp3) is 0.700. The van der Waals surface area contributed by atoms with Gasteiger partial charge in [-0.05, 0) is 44.7 Å². The van der Waals surface area contributed by atoms with Crippen LogP contribution in [0.2, 0.25) is 0 Å². The number of nitrogens with zero attached hydrogens (tertiary/aromatic N) is 2. The van der Waals surface area contributed by atoms with Crippen molar-refractivity contribution in [3.05, 3.63) is 18.2 Å². The zero-order chi connectivity index (χ0) is 20.0. The molecule has 0 radical (unpaired) electrons. The summed E-state index contributed by atoms with van der Waals surface area (Å²) in [6.07, 6.45) is 1.79. The van der Waals surface area contributed by atoms with E-state index < -0.39 is 10.0 Å². The normalized spacial score (nSPS) is 20.2. The SMILES string of the molecule is CCOc1ccc(S(=O)(=O)N2CCC(CN3CCOCC3)CC2)cc1OCC. The van der Waals surface area contributed by atoms with Gasteiger partial charge in [-0.15, -0.1) is 0 Å². The van der Waals surface area contributed by atoms with E-state index in [2.05, 4.69) is 4.90 Å². The van der Waals surface area contributed by atoms with Gasteiger partial charge in [-0.1, -0.05) is 0 Å². The van der Waals surface area contributed by atoms with Crippen LogP contribution in [0.15, 0.2) is 23.1 Å². The third-order valence-corrected chi connectivity index (χ3v) is 7.24. The minimum absolute atomic E-state index is 0.269. The number of piperidine rings is 1. The van der Waals surface area contributed by atoms with Crippen molar-refractivity contribution in [3.8, 4) is 11.5 Å². The van der Waals surface area contributed by atoms with Crippen LogP contribution >= 0.6 is 0 Å². The minimum atomic E-state index is -3.53. The standard InChI is InChI=1S/C20H32N2O5S/c1-3-26-19-6-5-18(15-20(19)27-4-2)28(23,24)22-9-7-17(8-10-22)16-21-11-13-25-14-12-21/h5-6,15,17H,3-4,7-14,16H2,1-2H3. The Balaban J connectivity index is 1.64. The highest BCUT2D eigenvalue weighted by atomic mass is 32.2. The Kier molecular flexibility index (Phi) is 7.56. The van der Waals surface area contributed by atoms with Gasteiger partial charge in [0.2, 0.25) is 10.0 Å². The Bertz CT molecular complexity index is 726. The molecule has 1 aromatic carbocycles. The summed E-state index contributed by atoms with van der Waals surface area (Å²) in [5.41, 5.74) is 0. The van der Waals surface area contributed by atoms with Crippen molar-refractivity contribution in [2.75, 3.05) is 59.2 Å². The first-order valence-corrected chi connectivity index (χ1v) is 11.7. The summed E-state index contributed by atoms with van der Waals surface area (Å²) in [5, 5.41) is 0. The molecular weight excluding hydrogens is 380 g/mol. The smallest absolute Gasteiger partial charge is 0.243 e. The quantitative estimate of drug-likeness (QED) is 0.652. The molecule has 1 aromatic rings. The fourth-order valence-electron chi connectivity index (χ4n) is 3.82. The maximum atomic E-state index is 13.1. The molecule has 3 rings (SSSR count). The zero-order valence-electron chi connectivity index (χ0n) is 16.9. The van der Waals surface area contributed by atoms with Crippen LogP contribution in [-0.4, -0.2) is 76.8 Å². The second-order valence-electron chi connectivity index (χ2n) is 7.24. The zero-order valence-corrected chi connectivity index (χ0v) is 17.7. The molecule has 0 amide bonds. The predicted molar refractivity (Wildman–Crippen MR) is 108 cm³/mol. The first-order valence-electron chi connectivity index (χ1n) is 10.2. The molecule has 2 heterocycles. The van der Waals surface area contributed by atoms with Crippen LogP contribution in [-0.2, 0) is 14.8 Å². The van der Waals surface area contributed by atoms with Gasteiger partial charge in [0.25, 0.3) is 0 Å². The topological polar surface area (TPSA) is 68.3 Å². The lowest BCUT2D eigenvalue weighted by Crippen LogP contribution is -2.44. The molecule has 0 aromatic heterocycles. The number of rotatable bonds is 8. The second kappa shape index (κ2) is 9.91. The van der Waals surface area contributed by atoms with Crippen LogP contribution in [0.5, 0.6) is 11.5 Å². The third kappa shape index (κ3) is 5.17. The van der Waals surface area contributed by atoms with Gasteiger partial charge in [-0.3, -0.25) is 4.90 Å². The molecule has 158 valence electrons. The number of ether oxygens (including phenoxy) is 3. The molecule has 2 saturated heterocycles. The average molecular weight is 413 g/mol. The summed E-state index contributed by atoms with van der Waals surface area (Å²) >= 11 is 0. The van der Waals surface area contributed by atoms with Gasteiger partial charge in [-0.2, -0.15) is 4.31 Å². The molecule has 2 fully saturated rings. The van der Waals surface area contributed by atoms with Gasteiger partial charge in [0, 0.05) is 38.8 Å². The average Bonchev–Trinajstić information content (AvgIpc) is 2.71. The van der Waals surface area contributed by atoms with E-state index in [0.29, 0.717) is 43.7 Å². The van der Waals surface area contributed by atoms with Gasteiger partial charge in [0.1, 0.15) is 0 Å². The number of hydrogen-bond acceptors (Lipinski definition) is 6. The van der Waals surface area contributed by atoms with E-state index in [9.17, 15) is 8.42 Å². The van der Waals surface area contributed by atoms with Crippen molar-refractivity contribution in [3.63, 3.8) is 0 Å². The summed E-state index contributed by atoms with van der Waals surface area (Å²) in [6.45, 7) is 10.4. The van der Waals surface area contributed by atoms with Crippen LogP contribution in [0.25, 0.3) is 0 Å². The number of benzene rings is 1. The molecule has 0 spiro atoms. The first-order chi connectivity index (χ1) is 13.5. The van der Waals surface area contributed by atoms with Gasteiger partial charge >= 0.3 is 0 Å². The largest absolute Gasteiger partial charge is 0.490 e. The number of sulfonamides is 1. The molecule has 7 nitrogen and oxygen atoms in total. The van der Waals surface area contributed by atoms with Gasteiger partial charge in [0.05, 0.1) is 31.3 Å². The van der Waals surface area contributed by atoms with Crippen molar-refractivity contribution >= 4 is 10.0 Å². The van der Waals surface area contributed by atoms with Crippen molar-refractivity contribution in [1.29, 1.82) is 0 Å². The number of hydrogen-bond donors (Lipinski definition) is 0. The Hall–Kier alpha value is -1.35. The predicted octanol–water partition coefficient (Wildman–Crippen LogP) is 2.22. The Morgan fingerprint density at radius 2 is 1.64 bits per heavy atom. The van der Waals surface area contributed by atoms with E-state index in [-0.39, 0.29) is 4.90 Å². The monoisotopic (exact) mass is 412 g/mol. The first kappa shape index (κ1) is 21.4. The Labute approximate surface area is 168 Å².